The molecule has 3 saturated carbocycles. The van der Waals surface area contributed by atoms with Gasteiger partial charge < -0.3 is 8.85 Å². The van der Waals surface area contributed by atoms with Gasteiger partial charge >= 0.3 is 0 Å². The van der Waals surface area contributed by atoms with Crippen LogP contribution < -0.4 is 0 Å². The van der Waals surface area contributed by atoms with Crippen LogP contribution in [0.1, 0.15) is 58.8 Å². The minimum Gasteiger partial charge on any atom is -0.414 e. The highest BCUT2D eigenvalue weighted by atomic mass is 28.4. The first-order valence-corrected chi connectivity index (χ1v) is 19.1. The summed E-state index contributed by atoms with van der Waals surface area (Å²) in [5.74, 6) is 2.25. The molecule has 7 atom stereocenters. The summed E-state index contributed by atoms with van der Waals surface area (Å²) in [6.07, 6.45) is 10.7. The van der Waals surface area contributed by atoms with E-state index in [1.165, 1.54) is 19.3 Å². The molecule has 0 spiro atoms. The second-order valence-corrected chi connectivity index (χ2v) is 22.1. The third-order valence-electron chi connectivity index (χ3n) is 8.80. The summed E-state index contributed by atoms with van der Waals surface area (Å²) in [5.41, 5.74) is 2.02. The van der Waals surface area contributed by atoms with E-state index in [9.17, 15) is 4.79 Å². The average Bonchev–Trinajstić information content (AvgIpc) is 2.84. The first kappa shape index (κ1) is 22.9. The average molecular weight is 449 g/mol. The highest BCUT2D eigenvalue weighted by Gasteiger charge is 2.62. The van der Waals surface area contributed by atoms with Gasteiger partial charge in [-0.05, 0) is 101 Å². The molecule has 0 aromatic heterocycles. The third-order valence-corrected chi connectivity index (χ3v) is 10.8. The first-order chi connectivity index (χ1) is 13.7. The lowest BCUT2D eigenvalue weighted by Crippen LogP contribution is -2.53. The maximum absolute atomic E-state index is 13.1. The fourth-order valence-electron chi connectivity index (χ4n) is 7.53. The van der Waals surface area contributed by atoms with Gasteiger partial charge in [0.25, 0.3) is 0 Å². The van der Waals surface area contributed by atoms with Crippen LogP contribution in [0.5, 0.6) is 0 Å². The molecule has 0 aromatic carbocycles. The van der Waals surface area contributed by atoms with Gasteiger partial charge in [0.1, 0.15) is 6.10 Å². The molecule has 0 N–H and O–H groups in total. The van der Waals surface area contributed by atoms with Crippen molar-refractivity contribution in [3.63, 3.8) is 0 Å². The van der Waals surface area contributed by atoms with E-state index in [2.05, 4.69) is 59.2 Å². The molecule has 4 aliphatic rings. The van der Waals surface area contributed by atoms with E-state index in [1.54, 1.807) is 5.57 Å². The molecule has 30 heavy (non-hydrogen) atoms. The lowest BCUT2D eigenvalue weighted by Gasteiger charge is -2.58. The summed E-state index contributed by atoms with van der Waals surface area (Å²) >= 11 is 0. The number of Topliss-reactive ketones (excluding diaryl/α,β-unsaturated/α-hetero) is 1. The zero-order valence-electron chi connectivity index (χ0n) is 20.6. The molecule has 0 aliphatic heterocycles. The van der Waals surface area contributed by atoms with Gasteiger partial charge in [0.05, 0.1) is 0 Å². The standard InChI is InChI=1S/C25H44O3Si2/c1-24-13-11-18(27-29(3,4)5)15-17(24)9-10-19-20(24)12-14-25(2)21(19)16-22(26)23(25)28-30(6,7)8/h9,18-21,23H,10-16H2,1-8H3/t18-,19?,20?,21?,23-,24-,25-/m0/s1. The van der Waals surface area contributed by atoms with Crippen LogP contribution in [0.3, 0.4) is 0 Å². The molecule has 0 bridgehead atoms. The molecule has 3 fully saturated rings. The molecular formula is C25H44O3Si2. The minimum atomic E-state index is -1.74. The quantitative estimate of drug-likeness (QED) is 0.360. The Balaban J connectivity index is 1.57. The fourth-order valence-corrected chi connectivity index (χ4v) is 9.84. The summed E-state index contributed by atoms with van der Waals surface area (Å²) in [6, 6.07) is 0. The molecule has 0 amide bonds. The summed E-state index contributed by atoms with van der Waals surface area (Å²) in [6.45, 7) is 18.5. The van der Waals surface area contributed by atoms with E-state index in [1.807, 2.05) is 0 Å². The second kappa shape index (κ2) is 7.39. The Hall–Kier alpha value is -0.236. The predicted molar refractivity (Wildman–Crippen MR) is 129 cm³/mol. The van der Waals surface area contributed by atoms with Crippen molar-refractivity contribution in [2.75, 3.05) is 0 Å². The van der Waals surface area contributed by atoms with Crippen molar-refractivity contribution >= 4 is 22.4 Å². The minimum absolute atomic E-state index is 0.0401. The number of ketones is 1. The van der Waals surface area contributed by atoms with E-state index in [4.69, 9.17) is 8.85 Å². The van der Waals surface area contributed by atoms with E-state index in [0.717, 1.165) is 31.6 Å². The highest BCUT2D eigenvalue weighted by molar-refractivity contribution is 6.70. The van der Waals surface area contributed by atoms with E-state index >= 15 is 0 Å². The number of carbonyl (C=O) groups is 1. The van der Waals surface area contributed by atoms with Gasteiger partial charge in [0.2, 0.25) is 0 Å². The summed E-state index contributed by atoms with van der Waals surface area (Å²) in [4.78, 5) is 13.1. The van der Waals surface area contributed by atoms with E-state index in [-0.39, 0.29) is 11.5 Å². The van der Waals surface area contributed by atoms with Crippen LogP contribution in [0.25, 0.3) is 0 Å². The summed E-state index contributed by atoms with van der Waals surface area (Å²) in [7, 11) is -3.24. The molecule has 0 aromatic rings. The van der Waals surface area contributed by atoms with Crippen molar-refractivity contribution in [1.29, 1.82) is 0 Å². The second-order valence-electron chi connectivity index (χ2n) is 13.2. The molecular weight excluding hydrogens is 404 g/mol. The maximum Gasteiger partial charge on any atom is 0.184 e. The monoisotopic (exact) mass is 448 g/mol. The lowest BCUT2D eigenvalue weighted by atomic mass is 9.48. The van der Waals surface area contributed by atoms with E-state index in [0.29, 0.717) is 29.1 Å². The molecule has 170 valence electrons. The Kier molecular flexibility index (Phi) is 5.65. The number of carbonyl (C=O) groups excluding carboxylic acids is 1. The largest absolute Gasteiger partial charge is 0.414 e. The van der Waals surface area contributed by atoms with Crippen LogP contribution in [0.2, 0.25) is 39.3 Å². The van der Waals surface area contributed by atoms with Crippen molar-refractivity contribution in [2.45, 2.75) is 110 Å². The van der Waals surface area contributed by atoms with Gasteiger partial charge in [0.15, 0.2) is 22.4 Å². The van der Waals surface area contributed by atoms with Crippen LogP contribution in [0.15, 0.2) is 11.6 Å². The lowest BCUT2D eigenvalue weighted by molar-refractivity contribution is -0.127. The molecule has 4 rings (SSSR count). The van der Waals surface area contributed by atoms with Crippen molar-refractivity contribution < 1.29 is 13.6 Å². The van der Waals surface area contributed by atoms with Gasteiger partial charge in [-0.3, -0.25) is 4.79 Å². The highest BCUT2D eigenvalue weighted by Crippen LogP contribution is 2.65. The Morgan fingerprint density at radius 2 is 1.57 bits per heavy atom. The Bertz CT molecular complexity index is 734. The van der Waals surface area contributed by atoms with Crippen LogP contribution in [-0.2, 0) is 13.6 Å². The smallest absolute Gasteiger partial charge is 0.184 e. The van der Waals surface area contributed by atoms with Gasteiger partial charge in [-0.25, -0.2) is 0 Å². The molecule has 0 heterocycles. The SMILES string of the molecule is C[C@]12CC[C@H](O[Si](C)(C)C)CC1=CCC1C2CC[C@@]2(C)C1CC(=O)[C@@H]2O[Si](C)(C)C. The zero-order valence-corrected chi connectivity index (χ0v) is 22.6. The maximum atomic E-state index is 13.1. The van der Waals surface area contributed by atoms with Crippen molar-refractivity contribution in [3.05, 3.63) is 11.6 Å². The molecule has 3 unspecified atom stereocenters. The Labute approximate surface area is 186 Å². The number of rotatable bonds is 4. The predicted octanol–water partition coefficient (Wildman–Crippen LogP) is 6.57. The number of fused-ring (bicyclic) bond motifs is 5. The topological polar surface area (TPSA) is 35.5 Å². The van der Waals surface area contributed by atoms with Gasteiger partial charge in [-0.15, -0.1) is 0 Å². The molecule has 0 radical (unpaired) electrons. The normalized spacial score (nSPS) is 44.2. The first-order valence-electron chi connectivity index (χ1n) is 12.3. The van der Waals surface area contributed by atoms with Gasteiger partial charge in [-0.2, -0.15) is 0 Å². The van der Waals surface area contributed by atoms with Crippen LogP contribution in [0.4, 0.5) is 0 Å². The van der Waals surface area contributed by atoms with Gasteiger partial charge in [0, 0.05) is 17.9 Å². The molecule has 4 aliphatic carbocycles. The number of hydrogen-bond acceptors (Lipinski definition) is 3. The van der Waals surface area contributed by atoms with Crippen LogP contribution in [0, 0.1) is 28.6 Å². The van der Waals surface area contributed by atoms with Crippen LogP contribution in [-0.4, -0.2) is 34.6 Å². The van der Waals surface area contributed by atoms with E-state index < -0.39 is 16.6 Å². The molecule has 0 saturated heterocycles. The van der Waals surface area contributed by atoms with Crippen molar-refractivity contribution in [2.24, 2.45) is 28.6 Å². The fraction of sp³-hybridized carbons (Fsp3) is 0.880. The molecule has 5 heteroatoms. The summed E-state index contributed by atoms with van der Waals surface area (Å²) in [5, 5.41) is 0. The molecule has 3 nitrogen and oxygen atoms in total. The van der Waals surface area contributed by atoms with Crippen LogP contribution >= 0.6 is 0 Å². The number of allylic oxidation sites excluding steroid dienone is 1. The summed E-state index contributed by atoms with van der Waals surface area (Å²) < 4.78 is 13.0. The number of hydrogen-bond donors (Lipinski definition) is 0. The third kappa shape index (κ3) is 3.97. The Morgan fingerprint density at radius 1 is 0.900 bits per heavy atom. The Morgan fingerprint density at radius 3 is 2.20 bits per heavy atom. The van der Waals surface area contributed by atoms with Crippen molar-refractivity contribution in [3.8, 4) is 0 Å². The van der Waals surface area contributed by atoms with Crippen molar-refractivity contribution in [1.82, 2.24) is 0 Å². The van der Waals surface area contributed by atoms with Gasteiger partial charge in [-0.1, -0.05) is 25.5 Å². The zero-order chi connectivity index (χ0) is 22.1.